The number of H-pyrrole nitrogens is 1. The van der Waals surface area contributed by atoms with E-state index in [0.717, 1.165) is 5.52 Å². The van der Waals surface area contributed by atoms with Crippen molar-refractivity contribution in [1.82, 2.24) is 14.7 Å². The summed E-state index contributed by atoms with van der Waals surface area (Å²) in [6, 6.07) is 4.77. The van der Waals surface area contributed by atoms with E-state index in [2.05, 4.69) is 14.7 Å². The molecule has 92 valence electrons. The van der Waals surface area contributed by atoms with Gasteiger partial charge >= 0.3 is 0 Å². The highest BCUT2D eigenvalue weighted by molar-refractivity contribution is 7.89. The molecule has 2 aromatic rings. The topological polar surface area (TPSA) is 101 Å². The number of nitrogens with one attached hydrogen (secondary N) is 2. The van der Waals surface area contributed by atoms with E-state index in [-0.39, 0.29) is 4.90 Å². The lowest BCUT2D eigenvalue weighted by molar-refractivity contribution is 0.579. The van der Waals surface area contributed by atoms with Gasteiger partial charge in [0.2, 0.25) is 10.0 Å². The standard InChI is InChI=1S/C10H14N4O2S/c11-4-1-5-14-17(15,16)8-2-3-9-10(6-8)13-7-12-9/h2-3,6-7,14H,1,4-5,11H2,(H,12,13). The normalized spacial score (nSPS) is 12.1. The molecule has 0 saturated heterocycles. The quantitative estimate of drug-likeness (QED) is 0.663. The predicted molar refractivity (Wildman–Crippen MR) is 65.0 cm³/mol. The van der Waals surface area contributed by atoms with Crippen LogP contribution in [0.4, 0.5) is 0 Å². The third kappa shape index (κ3) is 2.63. The first kappa shape index (κ1) is 12.0. The van der Waals surface area contributed by atoms with Gasteiger partial charge in [-0.05, 0) is 31.2 Å². The van der Waals surface area contributed by atoms with E-state index in [1.807, 2.05) is 0 Å². The van der Waals surface area contributed by atoms with Gasteiger partial charge in [0.1, 0.15) is 0 Å². The molecule has 2 rings (SSSR count). The van der Waals surface area contributed by atoms with E-state index in [0.29, 0.717) is 25.0 Å². The molecule has 17 heavy (non-hydrogen) atoms. The van der Waals surface area contributed by atoms with Crippen LogP contribution in [0.15, 0.2) is 29.4 Å². The molecule has 7 heteroatoms. The van der Waals surface area contributed by atoms with Crippen LogP contribution in [-0.2, 0) is 10.0 Å². The van der Waals surface area contributed by atoms with E-state index < -0.39 is 10.0 Å². The van der Waals surface area contributed by atoms with Gasteiger partial charge in [-0.1, -0.05) is 0 Å². The fourth-order valence-electron chi connectivity index (χ4n) is 1.47. The molecular weight excluding hydrogens is 240 g/mol. The minimum absolute atomic E-state index is 0.228. The van der Waals surface area contributed by atoms with Crippen LogP contribution >= 0.6 is 0 Å². The summed E-state index contributed by atoms with van der Waals surface area (Å²) < 4.78 is 26.3. The average molecular weight is 254 g/mol. The first-order chi connectivity index (χ1) is 8.13. The summed E-state index contributed by atoms with van der Waals surface area (Å²) in [5, 5.41) is 0. The lowest BCUT2D eigenvalue weighted by Crippen LogP contribution is -2.26. The van der Waals surface area contributed by atoms with Gasteiger partial charge < -0.3 is 10.7 Å². The van der Waals surface area contributed by atoms with Crippen molar-refractivity contribution >= 4 is 21.1 Å². The second-order valence-electron chi connectivity index (χ2n) is 3.62. The maximum atomic E-state index is 11.9. The second kappa shape index (κ2) is 4.82. The van der Waals surface area contributed by atoms with Crippen LogP contribution in [0.3, 0.4) is 0 Å². The van der Waals surface area contributed by atoms with E-state index in [9.17, 15) is 8.42 Å². The summed E-state index contributed by atoms with van der Waals surface area (Å²) in [6.07, 6.45) is 2.15. The molecule has 0 radical (unpaired) electrons. The van der Waals surface area contributed by atoms with Crippen molar-refractivity contribution in [2.45, 2.75) is 11.3 Å². The zero-order valence-corrected chi connectivity index (χ0v) is 10.00. The van der Waals surface area contributed by atoms with Gasteiger partial charge in [-0.25, -0.2) is 18.1 Å². The Morgan fingerprint density at radius 1 is 1.41 bits per heavy atom. The van der Waals surface area contributed by atoms with E-state index >= 15 is 0 Å². The molecule has 1 aromatic heterocycles. The highest BCUT2D eigenvalue weighted by Gasteiger charge is 2.13. The molecule has 0 atom stereocenters. The fourth-order valence-corrected chi connectivity index (χ4v) is 2.57. The minimum Gasteiger partial charge on any atom is -0.345 e. The van der Waals surface area contributed by atoms with Crippen molar-refractivity contribution in [1.29, 1.82) is 0 Å². The Hall–Kier alpha value is -1.44. The highest BCUT2D eigenvalue weighted by Crippen LogP contribution is 2.15. The number of aromatic nitrogens is 2. The number of hydrogen-bond donors (Lipinski definition) is 3. The van der Waals surface area contributed by atoms with Crippen molar-refractivity contribution in [3.63, 3.8) is 0 Å². The number of fused-ring (bicyclic) bond motifs is 1. The van der Waals surface area contributed by atoms with Gasteiger partial charge in [-0.3, -0.25) is 0 Å². The molecule has 1 heterocycles. The molecule has 0 aliphatic heterocycles. The monoisotopic (exact) mass is 254 g/mol. The van der Waals surface area contributed by atoms with E-state index in [4.69, 9.17) is 5.73 Å². The SMILES string of the molecule is NCCCNS(=O)(=O)c1ccc2nc[nH]c2c1. The second-order valence-corrected chi connectivity index (χ2v) is 5.39. The van der Waals surface area contributed by atoms with Crippen molar-refractivity contribution in [2.75, 3.05) is 13.1 Å². The van der Waals surface area contributed by atoms with Crippen LogP contribution in [0.2, 0.25) is 0 Å². The number of rotatable bonds is 5. The molecule has 0 aliphatic rings. The third-order valence-corrected chi connectivity index (χ3v) is 3.83. The average Bonchev–Trinajstić information content (AvgIpc) is 2.76. The number of nitrogens with zero attached hydrogens (tertiary/aromatic N) is 1. The Morgan fingerprint density at radius 3 is 3.00 bits per heavy atom. The van der Waals surface area contributed by atoms with E-state index in [1.165, 1.54) is 12.4 Å². The van der Waals surface area contributed by atoms with Crippen LogP contribution in [0.25, 0.3) is 11.0 Å². The van der Waals surface area contributed by atoms with Gasteiger partial charge in [0.15, 0.2) is 0 Å². The number of imidazole rings is 1. The zero-order chi connectivity index (χ0) is 12.3. The summed E-state index contributed by atoms with van der Waals surface area (Å²) in [7, 11) is -3.46. The summed E-state index contributed by atoms with van der Waals surface area (Å²) in [5.74, 6) is 0. The van der Waals surface area contributed by atoms with Gasteiger partial charge in [-0.15, -0.1) is 0 Å². The largest absolute Gasteiger partial charge is 0.345 e. The van der Waals surface area contributed by atoms with Gasteiger partial charge in [0, 0.05) is 6.54 Å². The maximum absolute atomic E-state index is 11.9. The molecule has 0 amide bonds. The summed E-state index contributed by atoms with van der Waals surface area (Å²) in [4.78, 5) is 7.13. The lowest BCUT2D eigenvalue weighted by Gasteiger charge is -2.05. The third-order valence-electron chi connectivity index (χ3n) is 2.37. The molecule has 0 bridgehead atoms. The van der Waals surface area contributed by atoms with E-state index in [1.54, 1.807) is 12.1 Å². The van der Waals surface area contributed by atoms with Gasteiger partial charge in [-0.2, -0.15) is 0 Å². The Bertz CT molecular complexity index is 606. The Balaban J connectivity index is 2.25. The Kier molecular flexibility index (Phi) is 3.41. The van der Waals surface area contributed by atoms with Crippen LogP contribution in [0, 0.1) is 0 Å². The number of hydrogen-bond acceptors (Lipinski definition) is 4. The lowest BCUT2D eigenvalue weighted by atomic mass is 10.3. The Labute approximate surface area is 99.3 Å². The zero-order valence-electron chi connectivity index (χ0n) is 9.18. The molecular formula is C10H14N4O2S. The molecule has 6 nitrogen and oxygen atoms in total. The molecule has 4 N–H and O–H groups in total. The first-order valence-corrected chi connectivity index (χ1v) is 6.75. The van der Waals surface area contributed by atoms with Gasteiger partial charge in [0.25, 0.3) is 0 Å². The minimum atomic E-state index is -3.46. The fraction of sp³-hybridized carbons (Fsp3) is 0.300. The van der Waals surface area contributed by atoms with Gasteiger partial charge in [0.05, 0.1) is 22.3 Å². The number of sulfonamides is 1. The Morgan fingerprint density at radius 2 is 2.24 bits per heavy atom. The van der Waals surface area contributed by atoms with Crippen molar-refractivity contribution in [2.24, 2.45) is 5.73 Å². The highest BCUT2D eigenvalue weighted by atomic mass is 32.2. The molecule has 0 aliphatic carbocycles. The smallest absolute Gasteiger partial charge is 0.240 e. The molecule has 0 saturated carbocycles. The first-order valence-electron chi connectivity index (χ1n) is 5.26. The number of aromatic amines is 1. The predicted octanol–water partition coefficient (Wildman–Crippen LogP) is 0.190. The summed E-state index contributed by atoms with van der Waals surface area (Å²) >= 11 is 0. The molecule has 0 spiro atoms. The molecule has 0 unspecified atom stereocenters. The molecule has 1 aromatic carbocycles. The molecule has 0 fully saturated rings. The van der Waals surface area contributed by atoms with Crippen LogP contribution < -0.4 is 10.5 Å². The van der Waals surface area contributed by atoms with Crippen LogP contribution in [-0.4, -0.2) is 31.5 Å². The van der Waals surface area contributed by atoms with Crippen molar-refractivity contribution < 1.29 is 8.42 Å². The summed E-state index contributed by atoms with van der Waals surface area (Å²) in [5.41, 5.74) is 6.75. The maximum Gasteiger partial charge on any atom is 0.240 e. The van der Waals surface area contributed by atoms with Crippen molar-refractivity contribution in [3.05, 3.63) is 24.5 Å². The van der Waals surface area contributed by atoms with Crippen molar-refractivity contribution in [3.8, 4) is 0 Å². The summed E-state index contributed by atoms with van der Waals surface area (Å²) in [6.45, 7) is 0.807. The number of nitrogens with two attached hydrogens (primary N) is 1. The number of benzene rings is 1. The van der Waals surface area contributed by atoms with Crippen LogP contribution in [0.5, 0.6) is 0 Å². The van der Waals surface area contributed by atoms with Crippen LogP contribution in [0.1, 0.15) is 6.42 Å².